The maximum Gasteiger partial charge on any atom is -0.0144 e. The lowest BCUT2D eigenvalue weighted by Crippen LogP contribution is -2.28. The molecule has 1 rings (SSSR count). The molecule has 0 aromatic heterocycles. The number of hydrogen-bond donors (Lipinski definition) is 0. The van der Waals surface area contributed by atoms with Gasteiger partial charge in [-0.3, -0.25) is 0 Å². The SMILES string of the molecule is C=CC(CCCC)C1(C(CC)CC(=CC)CCCC)C(C)C1CC. The van der Waals surface area contributed by atoms with E-state index in [1.807, 2.05) is 0 Å². The smallest absolute Gasteiger partial charge is 0.0144 e. The maximum atomic E-state index is 4.27. The summed E-state index contributed by atoms with van der Waals surface area (Å²) in [6.07, 6.45) is 16.7. The Morgan fingerprint density at radius 2 is 1.79 bits per heavy atom. The van der Waals surface area contributed by atoms with Gasteiger partial charge in [0.05, 0.1) is 0 Å². The standard InChI is InChI=1S/C24H44/c1-8-14-16-20(10-3)18-22(12-5)24(19(7)23(24)13-6)21(11-4)17-15-9-2/h10-11,19,21-23H,4,8-9,12-18H2,1-3,5-7H3. The molecule has 1 aliphatic rings. The average Bonchev–Trinajstić information content (AvgIpc) is 3.20. The van der Waals surface area contributed by atoms with Crippen LogP contribution in [0.3, 0.4) is 0 Å². The van der Waals surface area contributed by atoms with E-state index in [1.54, 1.807) is 5.57 Å². The molecule has 0 amide bonds. The first-order valence-electron chi connectivity index (χ1n) is 10.8. The molecule has 5 atom stereocenters. The van der Waals surface area contributed by atoms with Gasteiger partial charge in [0.25, 0.3) is 0 Å². The van der Waals surface area contributed by atoms with E-state index in [0.717, 1.165) is 17.8 Å². The monoisotopic (exact) mass is 332 g/mol. The van der Waals surface area contributed by atoms with Crippen molar-refractivity contribution in [2.24, 2.45) is 29.1 Å². The third-order valence-electron chi connectivity index (χ3n) is 7.13. The topological polar surface area (TPSA) is 0 Å². The minimum atomic E-state index is 0.529. The summed E-state index contributed by atoms with van der Waals surface area (Å²) < 4.78 is 0. The molecule has 140 valence electrons. The molecule has 0 bridgehead atoms. The van der Waals surface area contributed by atoms with E-state index in [2.05, 4.69) is 60.3 Å². The Morgan fingerprint density at radius 1 is 1.12 bits per heavy atom. The van der Waals surface area contributed by atoms with Crippen LogP contribution in [0.2, 0.25) is 0 Å². The third kappa shape index (κ3) is 4.36. The highest BCUT2D eigenvalue weighted by Gasteiger charge is 2.66. The van der Waals surface area contributed by atoms with Crippen LogP contribution in [-0.2, 0) is 0 Å². The zero-order valence-electron chi connectivity index (χ0n) is 17.5. The Balaban J connectivity index is 3.02. The number of hydrogen-bond acceptors (Lipinski definition) is 0. The van der Waals surface area contributed by atoms with Crippen molar-refractivity contribution in [2.75, 3.05) is 0 Å². The quantitative estimate of drug-likeness (QED) is 0.298. The highest BCUT2D eigenvalue weighted by Crippen LogP contribution is 2.71. The largest absolute Gasteiger partial charge is 0.103 e. The molecule has 0 nitrogen and oxygen atoms in total. The van der Waals surface area contributed by atoms with Crippen molar-refractivity contribution in [2.45, 2.75) is 99.3 Å². The van der Waals surface area contributed by atoms with Crippen molar-refractivity contribution in [3.05, 3.63) is 24.3 Å². The summed E-state index contributed by atoms with van der Waals surface area (Å²) >= 11 is 0. The van der Waals surface area contributed by atoms with Gasteiger partial charge in [-0.15, -0.1) is 6.58 Å². The lowest BCUT2D eigenvalue weighted by atomic mass is 9.69. The molecule has 0 aromatic rings. The van der Waals surface area contributed by atoms with E-state index < -0.39 is 0 Å². The Labute approximate surface area is 153 Å². The van der Waals surface area contributed by atoms with Gasteiger partial charge in [-0.2, -0.15) is 0 Å². The van der Waals surface area contributed by atoms with Gasteiger partial charge in [-0.05, 0) is 61.7 Å². The van der Waals surface area contributed by atoms with Gasteiger partial charge in [0.2, 0.25) is 0 Å². The van der Waals surface area contributed by atoms with Crippen molar-refractivity contribution < 1.29 is 0 Å². The molecule has 1 saturated carbocycles. The minimum Gasteiger partial charge on any atom is -0.103 e. The molecule has 1 fully saturated rings. The molecule has 5 unspecified atom stereocenters. The van der Waals surface area contributed by atoms with Gasteiger partial charge < -0.3 is 0 Å². The molecule has 1 aliphatic carbocycles. The lowest BCUT2D eigenvalue weighted by molar-refractivity contribution is 0.174. The molecule has 0 saturated heterocycles. The Kier molecular flexibility index (Phi) is 9.39. The van der Waals surface area contributed by atoms with Gasteiger partial charge in [0, 0.05) is 0 Å². The Hall–Kier alpha value is -0.520. The van der Waals surface area contributed by atoms with E-state index in [9.17, 15) is 0 Å². The molecule has 0 radical (unpaired) electrons. The van der Waals surface area contributed by atoms with Crippen LogP contribution in [0.1, 0.15) is 99.3 Å². The van der Waals surface area contributed by atoms with E-state index in [4.69, 9.17) is 0 Å². The summed E-state index contributed by atoms with van der Waals surface area (Å²) in [6, 6.07) is 0. The minimum absolute atomic E-state index is 0.529. The van der Waals surface area contributed by atoms with Crippen molar-refractivity contribution in [3.8, 4) is 0 Å². The summed E-state index contributed by atoms with van der Waals surface area (Å²) in [4.78, 5) is 0. The Morgan fingerprint density at radius 3 is 2.21 bits per heavy atom. The van der Waals surface area contributed by atoms with Crippen LogP contribution < -0.4 is 0 Å². The first-order chi connectivity index (χ1) is 11.6. The van der Waals surface area contributed by atoms with Crippen molar-refractivity contribution in [1.29, 1.82) is 0 Å². The van der Waals surface area contributed by atoms with Crippen molar-refractivity contribution in [3.63, 3.8) is 0 Å². The van der Waals surface area contributed by atoms with Gasteiger partial charge in [-0.25, -0.2) is 0 Å². The summed E-state index contributed by atoms with van der Waals surface area (Å²) in [5.74, 6) is 3.33. The van der Waals surface area contributed by atoms with Crippen LogP contribution in [0.15, 0.2) is 24.3 Å². The summed E-state index contributed by atoms with van der Waals surface area (Å²) in [5, 5.41) is 0. The van der Waals surface area contributed by atoms with E-state index in [0.29, 0.717) is 11.3 Å². The summed E-state index contributed by atoms with van der Waals surface area (Å²) in [6.45, 7) is 18.5. The maximum absolute atomic E-state index is 4.27. The van der Waals surface area contributed by atoms with Crippen LogP contribution in [-0.4, -0.2) is 0 Å². The van der Waals surface area contributed by atoms with E-state index >= 15 is 0 Å². The fourth-order valence-electron chi connectivity index (χ4n) is 5.76. The fraction of sp³-hybridized carbons (Fsp3) is 0.833. The molecule has 0 heteroatoms. The molecular formula is C24H44. The molecule has 0 spiro atoms. The highest BCUT2D eigenvalue weighted by atomic mass is 14.7. The van der Waals surface area contributed by atoms with Crippen molar-refractivity contribution >= 4 is 0 Å². The number of allylic oxidation sites excluding steroid dienone is 3. The van der Waals surface area contributed by atoms with Gasteiger partial charge in [0.15, 0.2) is 0 Å². The summed E-state index contributed by atoms with van der Waals surface area (Å²) in [7, 11) is 0. The molecule has 0 aromatic carbocycles. The first kappa shape index (κ1) is 21.5. The van der Waals surface area contributed by atoms with Crippen LogP contribution in [0.5, 0.6) is 0 Å². The van der Waals surface area contributed by atoms with Gasteiger partial charge in [-0.1, -0.05) is 84.4 Å². The summed E-state index contributed by atoms with van der Waals surface area (Å²) in [5.41, 5.74) is 2.23. The van der Waals surface area contributed by atoms with Gasteiger partial charge >= 0.3 is 0 Å². The second-order valence-corrected chi connectivity index (χ2v) is 8.15. The van der Waals surface area contributed by atoms with Crippen molar-refractivity contribution in [1.82, 2.24) is 0 Å². The van der Waals surface area contributed by atoms with Crippen LogP contribution in [0.25, 0.3) is 0 Å². The predicted octanol–water partition coefficient (Wildman–Crippen LogP) is 8.19. The number of rotatable bonds is 13. The van der Waals surface area contributed by atoms with Crippen LogP contribution in [0, 0.1) is 29.1 Å². The molecule has 0 aliphatic heterocycles. The van der Waals surface area contributed by atoms with E-state index in [1.165, 1.54) is 57.8 Å². The molecule has 0 N–H and O–H groups in total. The zero-order valence-corrected chi connectivity index (χ0v) is 17.5. The predicted molar refractivity (Wildman–Crippen MR) is 110 cm³/mol. The highest BCUT2D eigenvalue weighted by molar-refractivity contribution is 5.19. The normalized spacial score (nSPS) is 29.3. The Bertz CT molecular complexity index is 391. The zero-order chi connectivity index (χ0) is 18.2. The second-order valence-electron chi connectivity index (χ2n) is 8.15. The number of unbranched alkanes of at least 4 members (excludes halogenated alkanes) is 2. The second kappa shape index (κ2) is 10.5. The lowest BCUT2D eigenvalue weighted by Gasteiger charge is -2.35. The molecule has 0 heterocycles. The fourth-order valence-corrected chi connectivity index (χ4v) is 5.76. The first-order valence-corrected chi connectivity index (χ1v) is 10.8. The molecule has 24 heavy (non-hydrogen) atoms. The average molecular weight is 333 g/mol. The third-order valence-corrected chi connectivity index (χ3v) is 7.13. The molecular weight excluding hydrogens is 288 g/mol. The van der Waals surface area contributed by atoms with Crippen LogP contribution in [0.4, 0.5) is 0 Å². The van der Waals surface area contributed by atoms with E-state index in [-0.39, 0.29) is 0 Å². The van der Waals surface area contributed by atoms with Crippen LogP contribution >= 0.6 is 0 Å². The van der Waals surface area contributed by atoms with Gasteiger partial charge in [0.1, 0.15) is 0 Å².